The predicted octanol–water partition coefficient (Wildman–Crippen LogP) is 1.52. The fraction of sp³-hybridized carbons (Fsp3) is 0.444. The van der Waals surface area contributed by atoms with Crippen LogP contribution in [0.4, 0.5) is 0 Å². The minimum Gasteiger partial charge on any atom is -0.507 e. The van der Waals surface area contributed by atoms with Crippen LogP contribution in [-0.2, 0) is 6.42 Å². The summed E-state index contributed by atoms with van der Waals surface area (Å²) in [4.78, 5) is 11.0. The molecule has 0 unspecified atom stereocenters. The SMILES string of the molecule is CCc1oc(=O)c(C)c(O)c1C. The van der Waals surface area contributed by atoms with Crippen LogP contribution in [0.2, 0.25) is 0 Å². The average Bonchev–Trinajstić information content (AvgIpc) is 2.08. The third-order valence-electron chi connectivity index (χ3n) is 1.97. The first kappa shape index (κ1) is 8.84. The minimum atomic E-state index is -0.449. The fourth-order valence-electron chi connectivity index (χ4n) is 1.11. The van der Waals surface area contributed by atoms with Crippen LogP contribution < -0.4 is 5.63 Å². The summed E-state index contributed by atoms with van der Waals surface area (Å²) < 4.78 is 4.95. The van der Waals surface area contributed by atoms with Crippen molar-refractivity contribution in [1.29, 1.82) is 0 Å². The zero-order chi connectivity index (χ0) is 9.30. The van der Waals surface area contributed by atoms with Gasteiger partial charge >= 0.3 is 5.63 Å². The van der Waals surface area contributed by atoms with Crippen molar-refractivity contribution >= 4 is 0 Å². The topological polar surface area (TPSA) is 50.4 Å². The van der Waals surface area contributed by atoms with Gasteiger partial charge in [-0.1, -0.05) is 6.92 Å². The van der Waals surface area contributed by atoms with E-state index in [1.54, 1.807) is 13.8 Å². The molecule has 0 aromatic carbocycles. The highest BCUT2D eigenvalue weighted by Gasteiger charge is 2.10. The van der Waals surface area contributed by atoms with Crippen molar-refractivity contribution in [3.8, 4) is 5.75 Å². The molecule has 1 aromatic rings. The van der Waals surface area contributed by atoms with Gasteiger partial charge in [0.1, 0.15) is 11.5 Å². The monoisotopic (exact) mass is 168 g/mol. The van der Waals surface area contributed by atoms with Gasteiger partial charge in [0.25, 0.3) is 0 Å². The van der Waals surface area contributed by atoms with Crippen molar-refractivity contribution in [2.45, 2.75) is 27.2 Å². The standard InChI is InChI=1S/C9H12O3/c1-4-7-5(2)8(10)6(3)9(11)12-7/h10H,4H2,1-3H3. The van der Waals surface area contributed by atoms with E-state index in [4.69, 9.17) is 4.42 Å². The fourth-order valence-corrected chi connectivity index (χ4v) is 1.11. The summed E-state index contributed by atoms with van der Waals surface area (Å²) in [6.07, 6.45) is 0.620. The Bertz CT molecular complexity index is 350. The number of aryl methyl sites for hydroxylation is 1. The van der Waals surface area contributed by atoms with Gasteiger partial charge in [-0.05, 0) is 13.8 Å². The normalized spacial score (nSPS) is 10.2. The molecule has 0 spiro atoms. The van der Waals surface area contributed by atoms with Gasteiger partial charge in [-0.3, -0.25) is 0 Å². The molecule has 0 amide bonds. The van der Waals surface area contributed by atoms with Gasteiger partial charge < -0.3 is 9.52 Å². The third kappa shape index (κ3) is 1.22. The van der Waals surface area contributed by atoms with E-state index in [2.05, 4.69) is 0 Å². The summed E-state index contributed by atoms with van der Waals surface area (Å²) in [6.45, 7) is 5.16. The molecule has 0 atom stereocenters. The van der Waals surface area contributed by atoms with Crippen LogP contribution in [0.15, 0.2) is 9.21 Å². The highest BCUT2D eigenvalue weighted by molar-refractivity contribution is 5.37. The molecule has 3 nitrogen and oxygen atoms in total. The molecule has 0 saturated carbocycles. The van der Waals surface area contributed by atoms with Crippen LogP contribution in [0, 0.1) is 13.8 Å². The molecular formula is C9H12O3. The van der Waals surface area contributed by atoms with E-state index in [1.165, 1.54) is 0 Å². The summed E-state index contributed by atoms with van der Waals surface area (Å²) >= 11 is 0. The molecule has 0 radical (unpaired) electrons. The lowest BCUT2D eigenvalue weighted by molar-refractivity contribution is 0.412. The Balaban J connectivity index is 3.50. The maximum absolute atomic E-state index is 11.0. The van der Waals surface area contributed by atoms with Gasteiger partial charge in [0.15, 0.2) is 0 Å². The quantitative estimate of drug-likeness (QED) is 0.691. The predicted molar refractivity (Wildman–Crippen MR) is 45.5 cm³/mol. The Hall–Kier alpha value is -1.25. The van der Waals surface area contributed by atoms with Crippen LogP contribution in [0.25, 0.3) is 0 Å². The van der Waals surface area contributed by atoms with Crippen molar-refractivity contribution in [3.63, 3.8) is 0 Å². The van der Waals surface area contributed by atoms with Crippen molar-refractivity contribution in [1.82, 2.24) is 0 Å². The summed E-state index contributed by atoms with van der Waals surface area (Å²) in [7, 11) is 0. The second kappa shape index (κ2) is 3.01. The van der Waals surface area contributed by atoms with Gasteiger partial charge in [-0.15, -0.1) is 0 Å². The highest BCUT2D eigenvalue weighted by atomic mass is 16.4. The highest BCUT2D eigenvalue weighted by Crippen LogP contribution is 2.21. The molecule has 12 heavy (non-hydrogen) atoms. The molecule has 66 valence electrons. The first-order valence-electron chi connectivity index (χ1n) is 3.90. The molecule has 1 rings (SSSR count). The molecule has 1 aromatic heterocycles. The number of aromatic hydroxyl groups is 1. The van der Waals surface area contributed by atoms with E-state index in [9.17, 15) is 9.90 Å². The smallest absolute Gasteiger partial charge is 0.342 e. The summed E-state index contributed by atoms with van der Waals surface area (Å²) in [5.74, 6) is 0.617. The maximum Gasteiger partial charge on any atom is 0.342 e. The lowest BCUT2D eigenvalue weighted by atomic mass is 10.1. The van der Waals surface area contributed by atoms with E-state index in [-0.39, 0.29) is 11.3 Å². The molecule has 0 saturated heterocycles. The van der Waals surface area contributed by atoms with E-state index in [1.807, 2.05) is 6.92 Å². The molecular weight excluding hydrogens is 156 g/mol. The van der Waals surface area contributed by atoms with Crippen LogP contribution in [-0.4, -0.2) is 5.11 Å². The van der Waals surface area contributed by atoms with E-state index in [0.717, 1.165) is 0 Å². The Morgan fingerprint density at radius 2 is 1.92 bits per heavy atom. The number of rotatable bonds is 1. The van der Waals surface area contributed by atoms with Crippen molar-refractivity contribution < 1.29 is 9.52 Å². The minimum absolute atomic E-state index is 0.0584. The Kier molecular flexibility index (Phi) is 2.22. The largest absolute Gasteiger partial charge is 0.507 e. The van der Waals surface area contributed by atoms with Gasteiger partial charge in [0, 0.05) is 12.0 Å². The van der Waals surface area contributed by atoms with Gasteiger partial charge in [0.2, 0.25) is 0 Å². The maximum atomic E-state index is 11.0. The van der Waals surface area contributed by atoms with Crippen molar-refractivity contribution in [3.05, 3.63) is 27.3 Å². The molecule has 3 heteroatoms. The second-order valence-corrected chi connectivity index (χ2v) is 2.76. The molecule has 0 aliphatic carbocycles. The Labute approximate surface area is 70.7 Å². The van der Waals surface area contributed by atoms with Crippen LogP contribution in [0.3, 0.4) is 0 Å². The van der Waals surface area contributed by atoms with Crippen LogP contribution in [0.1, 0.15) is 23.8 Å². The van der Waals surface area contributed by atoms with Gasteiger partial charge in [-0.2, -0.15) is 0 Å². The second-order valence-electron chi connectivity index (χ2n) is 2.76. The summed E-state index contributed by atoms with van der Waals surface area (Å²) in [5, 5.41) is 9.44. The average molecular weight is 168 g/mol. The van der Waals surface area contributed by atoms with Crippen molar-refractivity contribution in [2.24, 2.45) is 0 Å². The Morgan fingerprint density at radius 1 is 1.33 bits per heavy atom. The summed E-state index contributed by atoms with van der Waals surface area (Å²) in [6, 6.07) is 0. The molecule has 1 heterocycles. The molecule has 1 N–H and O–H groups in total. The van der Waals surface area contributed by atoms with Gasteiger partial charge in [-0.25, -0.2) is 4.79 Å². The lowest BCUT2D eigenvalue weighted by Crippen LogP contribution is -2.06. The third-order valence-corrected chi connectivity index (χ3v) is 1.97. The van der Waals surface area contributed by atoms with E-state index < -0.39 is 5.63 Å². The van der Waals surface area contributed by atoms with E-state index >= 15 is 0 Å². The molecule has 0 bridgehead atoms. The lowest BCUT2D eigenvalue weighted by Gasteiger charge is -2.04. The summed E-state index contributed by atoms with van der Waals surface area (Å²) in [5.41, 5.74) is 0.495. The first-order chi connectivity index (χ1) is 5.57. The van der Waals surface area contributed by atoms with Crippen LogP contribution in [0.5, 0.6) is 5.75 Å². The number of hydrogen-bond acceptors (Lipinski definition) is 3. The first-order valence-corrected chi connectivity index (χ1v) is 3.90. The Morgan fingerprint density at radius 3 is 2.42 bits per heavy atom. The van der Waals surface area contributed by atoms with Crippen molar-refractivity contribution in [2.75, 3.05) is 0 Å². The molecule has 0 fully saturated rings. The van der Waals surface area contributed by atoms with Crippen LogP contribution >= 0.6 is 0 Å². The zero-order valence-electron chi connectivity index (χ0n) is 7.47. The van der Waals surface area contributed by atoms with Gasteiger partial charge in [0.05, 0.1) is 5.56 Å². The molecule has 0 aliphatic rings. The van der Waals surface area contributed by atoms with E-state index in [0.29, 0.717) is 17.7 Å². The number of hydrogen-bond donors (Lipinski definition) is 1. The molecule has 0 aliphatic heterocycles. The zero-order valence-corrected chi connectivity index (χ0v) is 7.47.